The molecule has 0 amide bonds. The van der Waals surface area contributed by atoms with Gasteiger partial charge < -0.3 is 4.90 Å². The number of allylic oxidation sites excluding steroid dienone is 2. The molecule has 0 fully saturated rings. The van der Waals surface area contributed by atoms with Crippen molar-refractivity contribution >= 4 is 45.1 Å². The topological polar surface area (TPSA) is 7.12 Å². The molecule has 2 nitrogen and oxygen atoms in total. The van der Waals surface area contributed by atoms with Gasteiger partial charge in [0.15, 0.2) is 0 Å². The van der Waals surface area contributed by atoms with Crippen molar-refractivity contribution in [3.05, 3.63) is 70.2 Å². The van der Waals surface area contributed by atoms with Crippen molar-refractivity contribution in [2.75, 3.05) is 11.9 Å². The molecule has 0 spiro atoms. The summed E-state index contributed by atoms with van der Waals surface area (Å²) < 4.78 is 44.0. The van der Waals surface area contributed by atoms with Crippen LogP contribution in [0.25, 0.3) is 16.3 Å². The molecule has 2 aromatic carbocycles. The number of para-hydroxylation sites is 2. The Labute approximate surface area is 163 Å². The first-order chi connectivity index (χ1) is 12.8. The Morgan fingerprint density at radius 2 is 1.78 bits per heavy atom. The average Bonchev–Trinajstić information content (AvgIpc) is 3.12. The summed E-state index contributed by atoms with van der Waals surface area (Å²) in [5.41, 5.74) is 1.18. The third kappa shape index (κ3) is 3.37. The van der Waals surface area contributed by atoms with E-state index in [0.29, 0.717) is 10.0 Å². The predicted octanol–water partition coefficient (Wildman–Crippen LogP) is 5.76. The molecule has 0 N–H and O–H groups in total. The first kappa shape index (κ1) is 18.1. The highest BCUT2D eigenvalue weighted by atomic mass is 32.2. The van der Waals surface area contributed by atoms with Crippen molar-refractivity contribution in [3.8, 4) is 0 Å². The largest absolute Gasteiger partial charge is 0.416 e. The number of alkyl halides is 3. The zero-order valence-corrected chi connectivity index (χ0v) is 16.3. The van der Waals surface area contributed by atoms with Crippen LogP contribution in [0.5, 0.6) is 0 Å². The van der Waals surface area contributed by atoms with Crippen LogP contribution in [-0.4, -0.2) is 13.2 Å². The van der Waals surface area contributed by atoms with Crippen LogP contribution in [0.3, 0.4) is 0 Å². The number of thioether (sulfide) groups is 1. The smallest absolute Gasteiger partial charge is 0.338 e. The summed E-state index contributed by atoms with van der Waals surface area (Å²) in [6.07, 6.45) is -1.98. The van der Waals surface area contributed by atoms with Gasteiger partial charge in [0.1, 0.15) is 11.7 Å². The van der Waals surface area contributed by atoms with E-state index in [-0.39, 0.29) is 0 Å². The van der Waals surface area contributed by atoms with Gasteiger partial charge in [0.05, 0.1) is 16.3 Å². The van der Waals surface area contributed by atoms with Crippen molar-refractivity contribution in [1.29, 1.82) is 0 Å². The van der Waals surface area contributed by atoms with Crippen LogP contribution in [0.4, 0.5) is 18.9 Å². The predicted molar refractivity (Wildman–Crippen MR) is 106 cm³/mol. The van der Waals surface area contributed by atoms with E-state index in [2.05, 4.69) is 0 Å². The third-order valence-electron chi connectivity index (χ3n) is 4.43. The third-order valence-corrected chi connectivity index (χ3v) is 6.76. The van der Waals surface area contributed by atoms with Gasteiger partial charge in [-0.1, -0.05) is 47.4 Å². The lowest BCUT2D eigenvalue weighted by atomic mass is 10.2. The molecule has 0 bridgehead atoms. The van der Waals surface area contributed by atoms with Gasteiger partial charge >= 0.3 is 6.18 Å². The van der Waals surface area contributed by atoms with E-state index in [1.807, 2.05) is 48.5 Å². The highest BCUT2D eigenvalue weighted by Gasteiger charge is 2.35. The Balaban J connectivity index is 1.79. The molecule has 27 heavy (non-hydrogen) atoms. The van der Waals surface area contributed by atoms with Crippen molar-refractivity contribution in [2.24, 2.45) is 7.05 Å². The SMILES string of the molecule is CN1C(=CC(=Cc2sc3ccccc3[n+]2C)C(F)(F)F)Sc2ccccc21. The lowest BCUT2D eigenvalue weighted by molar-refractivity contribution is -0.642. The minimum atomic E-state index is -4.44. The van der Waals surface area contributed by atoms with Crippen molar-refractivity contribution in [2.45, 2.75) is 11.1 Å². The maximum Gasteiger partial charge on any atom is 0.416 e. The second kappa shape index (κ2) is 6.73. The normalized spacial score (nSPS) is 16.4. The summed E-state index contributed by atoms with van der Waals surface area (Å²) in [5, 5.41) is 1.12. The van der Waals surface area contributed by atoms with Crippen molar-refractivity contribution < 1.29 is 17.7 Å². The quantitative estimate of drug-likeness (QED) is 0.501. The molecule has 0 atom stereocenters. The molecule has 1 aliphatic rings. The standard InChI is InChI=1S/C20H16F3N2S2/c1-24-14-7-3-5-9-16(14)26-18(24)11-13(20(21,22)23)12-19-25(2)15-8-4-6-10-17(15)27-19/h3-12H,1-2H3/q+1. The average molecular weight is 405 g/mol. The highest BCUT2D eigenvalue weighted by Crippen LogP contribution is 2.46. The van der Waals surface area contributed by atoms with E-state index in [9.17, 15) is 13.2 Å². The van der Waals surface area contributed by atoms with E-state index in [1.165, 1.54) is 35.3 Å². The van der Waals surface area contributed by atoms with Crippen LogP contribution < -0.4 is 9.47 Å². The van der Waals surface area contributed by atoms with Crippen LogP contribution in [0, 0.1) is 0 Å². The van der Waals surface area contributed by atoms with Crippen LogP contribution in [0.1, 0.15) is 5.01 Å². The number of hydrogen-bond donors (Lipinski definition) is 0. The lowest BCUT2D eigenvalue weighted by Gasteiger charge is -2.15. The van der Waals surface area contributed by atoms with Crippen LogP contribution in [0.2, 0.25) is 0 Å². The summed E-state index contributed by atoms with van der Waals surface area (Å²) in [4.78, 5) is 2.75. The van der Waals surface area contributed by atoms with Crippen LogP contribution in [-0.2, 0) is 7.05 Å². The first-order valence-electron chi connectivity index (χ1n) is 8.23. The van der Waals surface area contributed by atoms with Gasteiger partial charge in [-0.15, -0.1) is 0 Å². The molecule has 0 saturated heterocycles. The zero-order valence-electron chi connectivity index (χ0n) is 14.6. The van der Waals surface area contributed by atoms with Gasteiger partial charge in [-0.2, -0.15) is 17.7 Å². The second-order valence-electron chi connectivity index (χ2n) is 6.18. The number of hydrogen-bond acceptors (Lipinski definition) is 3. The molecule has 2 heterocycles. The molecule has 0 radical (unpaired) electrons. The fraction of sp³-hybridized carbons (Fsp3) is 0.150. The lowest BCUT2D eigenvalue weighted by Crippen LogP contribution is -2.29. The van der Waals surface area contributed by atoms with Gasteiger partial charge in [0, 0.05) is 24.1 Å². The number of nitrogens with zero attached hydrogens (tertiary/aromatic N) is 2. The summed E-state index contributed by atoms with van der Waals surface area (Å²) in [6.45, 7) is 0. The number of aryl methyl sites for hydroxylation is 1. The monoisotopic (exact) mass is 405 g/mol. The number of thiazole rings is 1. The molecular formula is C20H16F3N2S2+. The molecule has 0 aliphatic carbocycles. The number of benzene rings is 2. The number of halogens is 3. The highest BCUT2D eigenvalue weighted by molar-refractivity contribution is 8.03. The first-order valence-corrected chi connectivity index (χ1v) is 9.86. The number of rotatable bonds is 2. The van der Waals surface area contributed by atoms with Gasteiger partial charge in [0.25, 0.3) is 5.01 Å². The number of aromatic nitrogens is 1. The van der Waals surface area contributed by atoms with Crippen molar-refractivity contribution in [1.82, 2.24) is 0 Å². The van der Waals surface area contributed by atoms with E-state index >= 15 is 0 Å². The Morgan fingerprint density at radius 3 is 2.48 bits per heavy atom. The van der Waals surface area contributed by atoms with Crippen molar-refractivity contribution in [3.63, 3.8) is 0 Å². The van der Waals surface area contributed by atoms with Gasteiger partial charge in [-0.05, 0) is 24.3 Å². The molecule has 0 unspecified atom stereocenters. The van der Waals surface area contributed by atoms with E-state index < -0.39 is 11.7 Å². The minimum Gasteiger partial charge on any atom is -0.338 e. The van der Waals surface area contributed by atoms with Crippen LogP contribution in [0.15, 0.2) is 70.1 Å². The fourth-order valence-corrected chi connectivity index (χ4v) is 5.17. The number of fused-ring (bicyclic) bond motifs is 2. The minimum absolute atomic E-state index is 0.559. The fourth-order valence-electron chi connectivity index (χ4n) is 2.96. The van der Waals surface area contributed by atoms with Gasteiger partial charge in [0.2, 0.25) is 5.52 Å². The van der Waals surface area contributed by atoms with E-state index in [1.54, 1.807) is 23.6 Å². The molecule has 4 rings (SSSR count). The van der Waals surface area contributed by atoms with Crippen LogP contribution >= 0.6 is 23.1 Å². The summed E-state index contributed by atoms with van der Waals surface area (Å²) in [7, 11) is 3.58. The molecule has 138 valence electrons. The number of anilines is 1. The molecule has 1 aliphatic heterocycles. The Kier molecular flexibility index (Phi) is 4.52. The maximum absolute atomic E-state index is 13.8. The second-order valence-corrected chi connectivity index (χ2v) is 8.30. The molecule has 1 aromatic heterocycles. The Bertz CT molecular complexity index is 1080. The van der Waals surface area contributed by atoms with E-state index in [0.717, 1.165) is 20.8 Å². The maximum atomic E-state index is 13.8. The van der Waals surface area contributed by atoms with Gasteiger partial charge in [-0.25, -0.2) is 0 Å². The molecule has 7 heteroatoms. The summed E-state index contributed by atoms with van der Waals surface area (Å²) in [6, 6.07) is 15.2. The van der Waals surface area contributed by atoms with E-state index in [4.69, 9.17) is 0 Å². The summed E-state index contributed by atoms with van der Waals surface area (Å²) in [5.74, 6) is 0. The molecule has 0 saturated carbocycles. The molecule has 3 aromatic rings. The van der Waals surface area contributed by atoms with Gasteiger partial charge in [-0.3, -0.25) is 0 Å². The summed E-state index contributed by atoms with van der Waals surface area (Å²) >= 11 is 2.70. The molecular weight excluding hydrogens is 389 g/mol. The zero-order chi connectivity index (χ0) is 19.2. The Hall–Kier alpha value is -2.25. The Morgan fingerprint density at radius 1 is 1.07 bits per heavy atom.